The van der Waals surface area contributed by atoms with Gasteiger partial charge in [0.15, 0.2) is 0 Å². The first-order valence-corrected chi connectivity index (χ1v) is 6.27. The van der Waals surface area contributed by atoms with Gasteiger partial charge in [-0.2, -0.15) is 0 Å². The quantitative estimate of drug-likeness (QED) is 0.874. The van der Waals surface area contributed by atoms with Crippen molar-refractivity contribution in [1.29, 1.82) is 0 Å². The van der Waals surface area contributed by atoms with Gasteiger partial charge in [0.25, 0.3) is 0 Å². The fourth-order valence-electron chi connectivity index (χ4n) is 2.48. The van der Waals surface area contributed by atoms with Gasteiger partial charge in [0.2, 0.25) is 0 Å². The molecule has 0 aliphatic heterocycles. The number of ether oxygens (including phenoxy) is 1. The highest BCUT2D eigenvalue weighted by Gasteiger charge is 2.26. The number of halogens is 1. The van der Waals surface area contributed by atoms with Crippen LogP contribution in [0.1, 0.15) is 30.4 Å². The third-order valence-corrected chi connectivity index (χ3v) is 3.66. The summed E-state index contributed by atoms with van der Waals surface area (Å²) >= 11 is 0. The van der Waals surface area contributed by atoms with Gasteiger partial charge in [-0.15, -0.1) is 0 Å². The summed E-state index contributed by atoms with van der Waals surface area (Å²) in [4.78, 5) is 0. The van der Waals surface area contributed by atoms with Crippen LogP contribution in [0.15, 0.2) is 18.2 Å². The third-order valence-electron chi connectivity index (χ3n) is 3.66. The second kappa shape index (κ2) is 5.61. The minimum atomic E-state index is -0.198. The summed E-state index contributed by atoms with van der Waals surface area (Å²) in [7, 11) is 0. The maximum atomic E-state index is 13.1. The van der Waals surface area contributed by atoms with Gasteiger partial charge in [0, 0.05) is 0 Å². The molecule has 0 saturated heterocycles. The first-order valence-electron chi connectivity index (χ1n) is 6.27. The molecule has 94 valence electrons. The van der Waals surface area contributed by atoms with Crippen molar-refractivity contribution in [3.63, 3.8) is 0 Å². The van der Waals surface area contributed by atoms with Crippen LogP contribution in [-0.4, -0.2) is 12.6 Å². The van der Waals surface area contributed by atoms with Crippen molar-refractivity contribution in [2.45, 2.75) is 38.9 Å². The van der Waals surface area contributed by atoms with Crippen LogP contribution in [0.3, 0.4) is 0 Å². The van der Waals surface area contributed by atoms with Crippen molar-refractivity contribution in [3.05, 3.63) is 35.1 Å². The van der Waals surface area contributed by atoms with E-state index < -0.39 is 0 Å². The van der Waals surface area contributed by atoms with Crippen LogP contribution in [0.2, 0.25) is 0 Å². The smallest absolute Gasteiger partial charge is 0.123 e. The van der Waals surface area contributed by atoms with Crippen molar-refractivity contribution in [1.82, 2.24) is 0 Å². The summed E-state index contributed by atoms with van der Waals surface area (Å²) in [6, 6.07) is 4.84. The predicted octanol–water partition coefficient (Wildman–Crippen LogP) is 2.78. The van der Waals surface area contributed by atoms with E-state index in [1.165, 1.54) is 12.5 Å². The average Bonchev–Trinajstić information content (AvgIpc) is 2.77. The Morgan fingerprint density at radius 1 is 1.41 bits per heavy atom. The van der Waals surface area contributed by atoms with Gasteiger partial charge in [0.1, 0.15) is 5.82 Å². The van der Waals surface area contributed by atoms with Crippen molar-refractivity contribution in [3.8, 4) is 0 Å². The lowest BCUT2D eigenvalue weighted by Gasteiger charge is -2.19. The zero-order chi connectivity index (χ0) is 12.3. The van der Waals surface area contributed by atoms with Gasteiger partial charge in [0.05, 0.1) is 12.7 Å². The Balaban J connectivity index is 1.95. The van der Waals surface area contributed by atoms with Crippen LogP contribution in [-0.2, 0) is 11.3 Å². The maximum absolute atomic E-state index is 13.1. The molecule has 3 heteroatoms. The second-order valence-corrected chi connectivity index (χ2v) is 4.85. The topological polar surface area (TPSA) is 35.2 Å². The second-order valence-electron chi connectivity index (χ2n) is 4.85. The lowest BCUT2D eigenvalue weighted by molar-refractivity contribution is 0.0179. The molecule has 2 unspecified atom stereocenters. The molecule has 0 radical (unpaired) electrons. The molecule has 1 saturated carbocycles. The van der Waals surface area contributed by atoms with Gasteiger partial charge in [-0.05, 0) is 55.5 Å². The van der Waals surface area contributed by atoms with Gasteiger partial charge in [-0.25, -0.2) is 4.39 Å². The van der Waals surface area contributed by atoms with E-state index in [0.717, 1.165) is 24.0 Å². The Labute approximate surface area is 102 Å². The first-order chi connectivity index (χ1) is 8.20. The number of nitrogens with two attached hydrogens (primary N) is 1. The highest BCUT2D eigenvalue weighted by molar-refractivity contribution is 5.25. The van der Waals surface area contributed by atoms with Crippen molar-refractivity contribution >= 4 is 0 Å². The van der Waals surface area contributed by atoms with Crippen LogP contribution in [0.25, 0.3) is 0 Å². The van der Waals surface area contributed by atoms with E-state index in [1.54, 1.807) is 12.1 Å². The molecule has 0 heterocycles. The van der Waals surface area contributed by atoms with E-state index in [0.29, 0.717) is 19.1 Å². The largest absolute Gasteiger partial charge is 0.373 e. The first kappa shape index (κ1) is 12.5. The molecule has 1 aliphatic rings. The minimum absolute atomic E-state index is 0.198. The Morgan fingerprint density at radius 3 is 3.00 bits per heavy atom. The van der Waals surface area contributed by atoms with Gasteiger partial charge < -0.3 is 10.5 Å². The summed E-state index contributed by atoms with van der Waals surface area (Å²) in [5, 5.41) is 0. The van der Waals surface area contributed by atoms with Crippen LogP contribution in [0.5, 0.6) is 0 Å². The van der Waals surface area contributed by atoms with Crippen molar-refractivity contribution < 1.29 is 9.13 Å². The lowest BCUT2D eigenvalue weighted by atomic mass is 10.1. The van der Waals surface area contributed by atoms with Crippen LogP contribution < -0.4 is 5.73 Å². The predicted molar refractivity (Wildman–Crippen MR) is 66.1 cm³/mol. The summed E-state index contributed by atoms with van der Waals surface area (Å²) in [5.74, 6) is 0.278. The highest BCUT2D eigenvalue weighted by atomic mass is 19.1. The molecule has 2 rings (SSSR count). The Hall–Kier alpha value is -0.930. The molecule has 1 aliphatic carbocycles. The number of rotatable bonds is 4. The molecule has 2 nitrogen and oxygen atoms in total. The lowest BCUT2D eigenvalue weighted by Crippen LogP contribution is -2.25. The maximum Gasteiger partial charge on any atom is 0.123 e. The number of hydrogen-bond acceptors (Lipinski definition) is 2. The molecule has 2 N–H and O–H groups in total. The SMILES string of the molecule is Cc1ccc(F)cc1COC1CCCC1CN. The fourth-order valence-corrected chi connectivity index (χ4v) is 2.48. The normalized spacial score (nSPS) is 24.2. The highest BCUT2D eigenvalue weighted by Crippen LogP contribution is 2.28. The minimum Gasteiger partial charge on any atom is -0.373 e. The molecular formula is C14H20FNO. The number of aryl methyl sites for hydroxylation is 1. The molecule has 0 aromatic heterocycles. The monoisotopic (exact) mass is 237 g/mol. The molecule has 0 bridgehead atoms. The molecule has 1 fully saturated rings. The van der Waals surface area contributed by atoms with Crippen LogP contribution >= 0.6 is 0 Å². The Bertz CT molecular complexity index is 380. The number of benzene rings is 1. The standard InChI is InChI=1S/C14H20FNO/c1-10-5-6-13(15)7-12(10)9-17-14-4-2-3-11(14)8-16/h5-7,11,14H,2-4,8-9,16H2,1H3. The molecule has 2 atom stereocenters. The van der Waals surface area contributed by atoms with E-state index >= 15 is 0 Å². The molecule has 17 heavy (non-hydrogen) atoms. The van der Waals surface area contributed by atoms with E-state index in [1.807, 2.05) is 6.92 Å². The zero-order valence-corrected chi connectivity index (χ0v) is 10.3. The summed E-state index contributed by atoms with van der Waals surface area (Å²) in [5.41, 5.74) is 7.72. The summed E-state index contributed by atoms with van der Waals surface area (Å²) < 4.78 is 19.0. The molecule has 0 spiro atoms. The van der Waals surface area contributed by atoms with E-state index in [-0.39, 0.29) is 11.9 Å². The van der Waals surface area contributed by atoms with Crippen molar-refractivity contribution in [2.75, 3.05) is 6.54 Å². The van der Waals surface area contributed by atoms with Gasteiger partial charge >= 0.3 is 0 Å². The van der Waals surface area contributed by atoms with E-state index in [2.05, 4.69) is 0 Å². The zero-order valence-electron chi connectivity index (χ0n) is 10.3. The summed E-state index contributed by atoms with van der Waals surface area (Å²) in [6.07, 6.45) is 3.68. The van der Waals surface area contributed by atoms with Crippen LogP contribution in [0, 0.1) is 18.7 Å². The van der Waals surface area contributed by atoms with E-state index in [9.17, 15) is 4.39 Å². The van der Waals surface area contributed by atoms with Crippen molar-refractivity contribution in [2.24, 2.45) is 11.7 Å². The Morgan fingerprint density at radius 2 is 2.24 bits per heavy atom. The van der Waals surface area contributed by atoms with E-state index in [4.69, 9.17) is 10.5 Å². The third kappa shape index (κ3) is 3.05. The van der Waals surface area contributed by atoms with Crippen LogP contribution in [0.4, 0.5) is 4.39 Å². The molecule has 0 amide bonds. The van der Waals surface area contributed by atoms with Gasteiger partial charge in [-0.1, -0.05) is 12.5 Å². The summed E-state index contributed by atoms with van der Waals surface area (Å²) in [6.45, 7) is 3.16. The van der Waals surface area contributed by atoms with Gasteiger partial charge in [-0.3, -0.25) is 0 Å². The average molecular weight is 237 g/mol. The molecule has 1 aromatic rings. The fraction of sp³-hybridized carbons (Fsp3) is 0.571. The molecule has 1 aromatic carbocycles. The number of hydrogen-bond donors (Lipinski definition) is 1. The Kier molecular flexibility index (Phi) is 4.13. The molecular weight excluding hydrogens is 217 g/mol.